The number of alkyl carbamates (subject to hydrolysis) is 1. The van der Waals surface area contributed by atoms with Crippen LogP contribution < -0.4 is 5.32 Å². The largest absolute Gasteiger partial charge is 0.481 e. The molecule has 1 atom stereocenters. The molecule has 5 heteroatoms. The van der Waals surface area contributed by atoms with E-state index < -0.39 is 18.1 Å². The topological polar surface area (TPSA) is 75.6 Å². The van der Waals surface area contributed by atoms with Gasteiger partial charge in [-0.1, -0.05) is 91.0 Å². The lowest BCUT2D eigenvalue weighted by Gasteiger charge is -2.20. The summed E-state index contributed by atoms with van der Waals surface area (Å²) in [6.45, 7) is 0.176. The molecule has 4 aromatic rings. The Morgan fingerprint density at radius 1 is 0.818 bits per heavy atom. The van der Waals surface area contributed by atoms with Gasteiger partial charge in [0, 0.05) is 5.92 Å². The number of aliphatic carboxylic acids is 1. The van der Waals surface area contributed by atoms with Gasteiger partial charge in [-0.05, 0) is 38.6 Å². The number of carboxylic acid groups (broad SMARTS) is 1. The molecule has 33 heavy (non-hydrogen) atoms. The van der Waals surface area contributed by atoms with Crippen LogP contribution in [0.3, 0.4) is 0 Å². The molecule has 0 heterocycles. The lowest BCUT2D eigenvalue weighted by atomic mass is 9.97. The first-order valence-electron chi connectivity index (χ1n) is 10.9. The van der Waals surface area contributed by atoms with Crippen LogP contribution >= 0.6 is 0 Å². The minimum atomic E-state index is -0.994. The van der Waals surface area contributed by atoms with Gasteiger partial charge >= 0.3 is 12.1 Å². The average Bonchev–Trinajstić information content (AvgIpc) is 3.15. The Kier molecular flexibility index (Phi) is 5.53. The van der Waals surface area contributed by atoms with Crippen LogP contribution in [0.1, 0.15) is 35.1 Å². The van der Waals surface area contributed by atoms with Crippen molar-refractivity contribution in [2.45, 2.75) is 18.4 Å². The minimum Gasteiger partial charge on any atom is -0.481 e. The molecule has 0 saturated heterocycles. The van der Waals surface area contributed by atoms with E-state index in [4.69, 9.17) is 4.74 Å². The van der Waals surface area contributed by atoms with Gasteiger partial charge in [-0.25, -0.2) is 4.79 Å². The first-order chi connectivity index (χ1) is 16.1. The first-order valence-corrected chi connectivity index (χ1v) is 10.9. The van der Waals surface area contributed by atoms with E-state index in [1.54, 1.807) is 0 Å². The maximum absolute atomic E-state index is 12.8. The van der Waals surface area contributed by atoms with Crippen LogP contribution in [0.2, 0.25) is 0 Å². The molecular formula is C28H23NO4. The van der Waals surface area contributed by atoms with Crippen LogP contribution in [-0.4, -0.2) is 23.8 Å². The summed E-state index contributed by atoms with van der Waals surface area (Å²) in [5.41, 5.74) is 5.32. The van der Waals surface area contributed by atoms with E-state index in [0.29, 0.717) is 0 Å². The summed E-state index contributed by atoms with van der Waals surface area (Å²) in [5.74, 6) is -1.05. The minimum absolute atomic E-state index is 0.0568. The highest BCUT2D eigenvalue weighted by molar-refractivity contribution is 5.87. The predicted octanol–water partition coefficient (Wildman–Crippen LogP) is 5.89. The number of benzene rings is 4. The second kappa shape index (κ2) is 8.79. The average molecular weight is 437 g/mol. The van der Waals surface area contributed by atoms with Gasteiger partial charge in [0.1, 0.15) is 6.61 Å². The van der Waals surface area contributed by atoms with Gasteiger partial charge < -0.3 is 15.2 Å². The third-order valence-corrected chi connectivity index (χ3v) is 6.21. The van der Waals surface area contributed by atoms with Gasteiger partial charge in [0.25, 0.3) is 0 Å². The van der Waals surface area contributed by atoms with E-state index in [0.717, 1.165) is 38.6 Å². The second-order valence-electron chi connectivity index (χ2n) is 8.19. The van der Waals surface area contributed by atoms with E-state index in [2.05, 4.69) is 29.6 Å². The molecule has 0 aromatic heterocycles. The van der Waals surface area contributed by atoms with E-state index in [9.17, 15) is 14.7 Å². The molecule has 0 saturated carbocycles. The summed E-state index contributed by atoms with van der Waals surface area (Å²) >= 11 is 0. The number of hydrogen-bond acceptors (Lipinski definition) is 3. The lowest BCUT2D eigenvalue weighted by Crippen LogP contribution is -2.31. The monoisotopic (exact) mass is 437 g/mol. The normalized spacial score (nSPS) is 13.2. The quantitative estimate of drug-likeness (QED) is 0.394. The van der Waals surface area contributed by atoms with Crippen molar-refractivity contribution in [2.75, 3.05) is 6.61 Å². The summed E-state index contributed by atoms with van der Waals surface area (Å²) in [7, 11) is 0. The molecule has 0 spiro atoms. The maximum atomic E-state index is 12.8. The second-order valence-corrected chi connectivity index (χ2v) is 8.19. The van der Waals surface area contributed by atoms with Crippen LogP contribution in [-0.2, 0) is 9.53 Å². The van der Waals surface area contributed by atoms with E-state index in [1.165, 1.54) is 0 Å². The highest BCUT2D eigenvalue weighted by Crippen LogP contribution is 2.44. The van der Waals surface area contributed by atoms with Gasteiger partial charge in [-0.15, -0.1) is 0 Å². The molecule has 1 aliphatic rings. The number of ether oxygens (including phenoxy) is 1. The molecule has 5 nitrogen and oxygen atoms in total. The van der Waals surface area contributed by atoms with E-state index in [-0.39, 0.29) is 18.9 Å². The molecule has 1 amide bonds. The van der Waals surface area contributed by atoms with Crippen molar-refractivity contribution in [3.63, 3.8) is 0 Å². The van der Waals surface area contributed by atoms with Crippen molar-refractivity contribution < 1.29 is 19.4 Å². The number of fused-ring (bicyclic) bond motifs is 4. The Labute approximate surface area is 191 Å². The van der Waals surface area contributed by atoms with Crippen molar-refractivity contribution >= 4 is 22.8 Å². The fourth-order valence-electron chi connectivity index (χ4n) is 4.75. The molecule has 5 rings (SSSR count). The molecule has 1 aliphatic carbocycles. The van der Waals surface area contributed by atoms with Crippen LogP contribution in [0.4, 0.5) is 4.79 Å². The van der Waals surface area contributed by atoms with Gasteiger partial charge in [-0.2, -0.15) is 0 Å². The third kappa shape index (κ3) is 4.05. The number of hydrogen-bond donors (Lipinski definition) is 2. The number of amides is 1. The Morgan fingerprint density at radius 2 is 1.42 bits per heavy atom. The van der Waals surface area contributed by atoms with Gasteiger partial charge in [0.05, 0.1) is 12.5 Å². The fraction of sp³-hybridized carbons (Fsp3) is 0.143. The number of carbonyl (C=O) groups excluding carboxylic acids is 1. The van der Waals surface area contributed by atoms with E-state index in [1.807, 2.05) is 66.7 Å². The molecule has 0 radical (unpaired) electrons. The standard InChI is InChI=1S/C28H23NO4/c30-27(31)16-26(24-15-7-9-18-8-1-2-10-19(18)24)29-28(32)33-17-25-22-13-5-3-11-20(22)21-12-4-6-14-23(21)25/h1-15,25-26H,16-17H2,(H,29,32)(H,30,31). The summed E-state index contributed by atoms with van der Waals surface area (Å²) in [5, 5.41) is 14.1. The Bertz CT molecular complexity index is 1300. The summed E-state index contributed by atoms with van der Waals surface area (Å²) in [4.78, 5) is 24.3. The van der Waals surface area contributed by atoms with Crippen molar-refractivity contribution in [3.05, 3.63) is 108 Å². The zero-order valence-corrected chi connectivity index (χ0v) is 17.9. The van der Waals surface area contributed by atoms with E-state index >= 15 is 0 Å². The molecular weight excluding hydrogens is 414 g/mol. The molecule has 2 N–H and O–H groups in total. The molecule has 0 aliphatic heterocycles. The van der Waals surface area contributed by atoms with Gasteiger partial charge in [0.2, 0.25) is 0 Å². The molecule has 0 fully saturated rings. The number of nitrogens with one attached hydrogen (secondary N) is 1. The summed E-state index contributed by atoms with van der Waals surface area (Å²) in [6.07, 6.45) is -0.867. The molecule has 1 unspecified atom stereocenters. The Balaban J connectivity index is 1.36. The predicted molar refractivity (Wildman–Crippen MR) is 127 cm³/mol. The zero-order chi connectivity index (χ0) is 22.8. The number of carbonyl (C=O) groups is 2. The lowest BCUT2D eigenvalue weighted by molar-refractivity contribution is -0.137. The molecule has 0 bridgehead atoms. The molecule has 164 valence electrons. The third-order valence-electron chi connectivity index (χ3n) is 6.21. The van der Waals surface area contributed by atoms with Crippen molar-refractivity contribution in [1.29, 1.82) is 0 Å². The number of rotatable bonds is 6. The molecule has 4 aromatic carbocycles. The highest BCUT2D eigenvalue weighted by atomic mass is 16.5. The highest BCUT2D eigenvalue weighted by Gasteiger charge is 2.29. The van der Waals surface area contributed by atoms with Crippen LogP contribution in [0, 0.1) is 0 Å². The number of carboxylic acids is 1. The van der Waals surface area contributed by atoms with Crippen molar-refractivity contribution in [3.8, 4) is 11.1 Å². The van der Waals surface area contributed by atoms with Crippen LogP contribution in [0.25, 0.3) is 21.9 Å². The van der Waals surface area contributed by atoms with Crippen molar-refractivity contribution in [2.24, 2.45) is 0 Å². The Morgan fingerprint density at radius 3 is 2.12 bits per heavy atom. The first kappa shape index (κ1) is 20.8. The van der Waals surface area contributed by atoms with Crippen LogP contribution in [0.5, 0.6) is 0 Å². The van der Waals surface area contributed by atoms with Crippen LogP contribution in [0.15, 0.2) is 91.0 Å². The zero-order valence-electron chi connectivity index (χ0n) is 17.9. The fourth-order valence-corrected chi connectivity index (χ4v) is 4.75. The smallest absolute Gasteiger partial charge is 0.407 e. The summed E-state index contributed by atoms with van der Waals surface area (Å²) < 4.78 is 5.64. The Hall–Kier alpha value is -4.12. The van der Waals surface area contributed by atoms with Crippen molar-refractivity contribution in [1.82, 2.24) is 5.32 Å². The van der Waals surface area contributed by atoms with Gasteiger partial charge in [0.15, 0.2) is 0 Å². The maximum Gasteiger partial charge on any atom is 0.407 e. The SMILES string of the molecule is O=C(O)CC(NC(=O)OCC1c2ccccc2-c2ccccc21)c1cccc2ccccc12. The van der Waals surface area contributed by atoms with Gasteiger partial charge in [-0.3, -0.25) is 4.79 Å². The summed E-state index contributed by atoms with van der Waals surface area (Å²) in [6, 6.07) is 29.0.